The number of anilines is 2. The Hall–Kier alpha value is -2.30. The smallest absolute Gasteiger partial charge is 0.319 e. The minimum absolute atomic E-state index is 0.155. The van der Waals surface area contributed by atoms with E-state index in [0.29, 0.717) is 17.4 Å². The molecule has 0 aliphatic heterocycles. The standard InChI is InChI=1S/C15H19N3O2/c1-10(2)9-14(19)16-11-3-5-12(6-4-11)17-15(20)18-13-7-8-13/h3-6,9,13H,7-8H2,1-2H3,(H,16,19)(H2,17,18,20). The Bertz CT molecular complexity index is 527. The summed E-state index contributed by atoms with van der Waals surface area (Å²) in [4.78, 5) is 23.1. The molecule has 5 nitrogen and oxygen atoms in total. The first-order valence-corrected chi connectivity index (χ1v) is 6.66. The number of nitrogens with one attached hydrogen (secondary N) is 3. The van der Waals surface area contributed by atoms with Crippen LogP contribution in [0.1, 0.15) is 26.7 Å². The highest BCUT2D eigenvalue weighted by molar-refractivity contribution is 5.99. The number of amides is 3. The van der Waals surface area contributed by atoms with Crippen LogP contribution in [-0.4, -0.2) is 18.0 Å². The lowest BCUT2D eigenvalue weighted by molar-refractivity contribution is -0.111. The van der Waals surface area contributed by atoms with Crippen LogP contribution in [0.3, 0.4) is 0 Å². The first-order valence-electron chi connectivity index (χ1n) is 6.66. The van der Waals surface area contributed by atoms with Gasteiger partial charge in [-0.1, -0.05) is 5.57 Å². The molecule has 1 aromatic carbocycles. The van der Waals surface area contributed by atoms with Crippen LogP contribution in [0.5, 0.6) is 0 Å². The molecule has 3 N–H and O–H groups in total. The summed E-state index contributed by atoms with van der Waals surface area (Å²) in [6.07, 6.45) is 3.65. The van der Waals surface area contributed by atoms with Crippen LogP contribution >= 0.6 is 0 Å². The van der Waals surface area contributed by atoms with Gasteiger partial charge in [0.2, 0.25) is 5.91 Å². The molecule has 1 aromatic rings. The van der Waals surface area contributed by atoms with Crippen molar-refractivity contribution in [3.05, 3.63) is 35.9 Å². The molecule has 106 valence electrons. The Morgan fingerprint density at radius 3 is 2.10 bits per heavy atom. The van der Waals surface area contributed by atoms with Crippen molar-refractivity contribution in [2.45, 2.75) is 32.7 Å². The average Bonchev–Trinajstić information content (AvgIpc) is 3.14. The zero-order chi connectivity index (χ0) is 14.5. The molecule has 0 unspecified atom stereocenters. The normalized spacial score (nSPS) is 13.3. The fourth-order valence-electron chi connectivity index (χ4n) is 1.66. The van der Waals surface area contributed by atoms with E-state index < -0.39 is 0 Å². The van der Waals surface area contributed by atoms with Gasteiger partial charge in [-0.3, -0.25) is 4.79 Å². The van der Waals surface area contributed by atoms with Gasteiger partial charge in [0.05, 0.1) is 0 Å². The highest BCUT2D eigenvalue weighted by Gasteiger charge is 2.23. The average molecular weight is 273 g/mol. The van der Waals surface area contributed by atoms with E-state index in [-0.39, 0.29) is 11.9 Å². The maximum absolute atomic E-state index is 11.5. The molecule has 0 saturated heterocycles. The monoisotopic (exact) mass is 273 g/mol. The number of rotatable bonds is 4. The largest absolute Gasteiger partial charge is 0.335 e. The van der Waals surface area contributed by atoms with Gasteiger partial charge < -0.3 is 16.0 Å². The number of urea groups is 1. The van der Waals surface area contributed by atoms with Crippen molar-refractivity contribution < 1.29 is 9.59 Å². The van der Waals surface area contributed by atoms with E-state index >= 15 is 0 Å². The Kier molecular flexibility index (Phi) is 4.40. The van der Waals surface area contributed by atoms with Crippen molar-refractivity contribution in [2.24, 2.45) is 0 Å². The number of benzene rings is 1. The molecule has 0 atom stereocenters. The molecule has 0 bridgehead atoms. The van der Waals surface area contributed by atoms with Crippen molar-refractivity contribution in [1.82, 2.24) is 5.32 Å². The van der Waals surface area contributed by atoms with E-state index in [4.69, 9.17) is 0 Å². The van der Waals surface area contributed by atoms with Crippen molar-refractivity contribution in [3.8, 4) is 0 Å². The van der Waals surface area contributed by atoms with E-state index in [2.05, 4.69) is 16.0 Å². The molecule has 0 heterocycles. The predicted molar refractivity (Wildman–Crippen MR) is 79.7 cm³/mol. The third-order valence-electron chi connectivity index (χ3n) is 2.74. The number of carbonyl (C=O) groups excluding carboxylic acids is 2. The van der Waals surface area contributed by atoms with Crippen LogP contribution < -0.4 is 16.0 Å². The summed E-state index contributed by atoms with van der Waals surface area (Å²) < 4.78 is 0. The second kappa shape index (κ2) is 6.23. The van der Waals surface area contributed by atoms with Crippen molar-refractivity contribution in [2.75, 3.05) is 10.6 Å². The Morgan fingerprint density at radius 2 is 1.60 bits per heavy atom. The molecule has 1 aliphatic carbocycles. The van der Waals surface area contributed by atoms with Crippen LogP contribution in [0.25, 0.3) is 0 Å². The molecular weight excluding hydrogens is 254 g/mol. The van der Waals surface area contributed by atoms with Crippen molar-refractivity contribution in [1.29, 1.82) is 0 Å². The SMILES string of the molecule is CC(C)=CC(=O)Nc1ccc(NC(=O)NC2CC2)cc1. The lowest BCUT2D eigenvalue weighted by Crippen LogP contribution is -2.30. The number of allylic oxidation sites excluding steroid dienone is 1. The molecule has 1 fully saturated rings. The molecule has 2 rings (SSSR count). The van der Waals surface area contributed by atoms with E-state index in [1.54, 1.807) is 24.3 Å². The van der Waals surface area contributed by atoms with Gasteiger partial charge in [0.25, 0.3) is 0 Å². The zero-order valence-electron chi connectivity index (χ0n) is 11.7. The summed E-state index contributed by atoms with van der Waals surface area (Å²) in [6, 6.07) is 7.16. The van der Waals surface area contributed by atoms with Crippen LogP contribution in [-0.2, 0) is 4.79 Å². The molecule has 0 spiro atoms. The first-order chi connectivity index (χ1) is 9.52. The van der Waals surface area contributed by atoms with Gasteiger partial charge in [0.1, 0.15) is 0 Å². The van der Waals surface area contributed by atoms with Crippen LogP contribution in [0.4, 0.5) is 16.2 Å². The summed E-state index contributed by atoms with van der Waals surface area (Å²) in [5.74, 6) is -0.155. The topological polar surface area (TPSA) is 70.2 Å². The van der Waals surface area contributed by atoms with E-state index in [9.17, 15) is 9.59 Å². The van der Waals surface area contributed by atoms with E-state index in [1.807, 2.05) is 13.8 Å². The van der Waals surface area contributed by atoms with Crippen LogP contribution in [0.2, 0.25) is 0 Å². The fraction of sp³-hybridized carbons (Fsp3) is 0.333. The summed E-state index contributed by atoms with van der Waals surface area (Å²) >= 11 is 0. The minimum Gasteiger partial charge on any atom is -0.335 e. The first kappa shape index (κ1) is 14.1. The third-order valence-corrected chi connectivity index (χ3v) is 2.74. The zero-order valence-corrected chi connectivity index (χ0v) is 11.7. The second-order valence-corrected chi connectivity index (χ2v) is 5.16. The molecular formula is C15H19N3O2. The quantitative estimate of drug-likeness (QED) is 0.738. The van der Waals surface area contributed by atoms with Gasteiger partial charge in [0.15, 0.2) is 0 Å². The molecule has 3 amide bonds. The Morgan fingerprint density at radius 1 is 1.05 bits per heavy atom. The Labute approximate surface area is 118 Å². The van der Waals surface area contributed by atoms with Gasteiger partial charge in [-0.15, -0.1) is 0 Å². The number of hydrogen-bond acceptors (Lipinski definition) is 2. The summed E-state index contributed by atoms with van der Waals surface area (Å²) in [7, 11) is 0. The molecule has 1 aliphatic rings. The maximum Gasteiger partial charge on any atom is 0.319 e. The predicted octanol–water partition coefficient (Wildman–Crippen LogP) is 2.88. The van der Waals surface area contributed by atoms with Gasteiger partial charge in [-0.05, 0) is 51.0 Å². The van der Waals surface area contributed by atoms with Gasteiger partial charge in [-0.25, -0.2) is 4.79 Å². The molecule has 1 saturated carbocycles. The molecule has 0 aromatic heterocycles. The second-order valence-electron chi connectivity index (χ2n) is 5.16. The number of carbonyl (C=O) groups is 2. The van der Waals surface area contributed by atoms with Gasteiger partial charge in [-0.2, -0.15) is 0 Å². The van der Waals surface area contributed by atoms with Crippen LogP contribution in [0.15, 0.2) is 35.9 Å². The summed E-state index contributed by atoms with van der Waals surface area (Å²) in [5, 5.41) is 8.35. The highest BCUT2D eigenvalue weighted by atomic mass is 16.2. The Balaban J connectivity index is 1.87. The summed E-state index contributed by atoms with van der Waals surface area (Å²) in [5.41, 5.74) is 2.33. The molecule has 20 heavy (non-hydrogen) atoms. The van der Waals surface area contributed by atoms with Gasteiger partial charge >= 0.3 is 6.03 Å². The van der Waals surface area contributed by atoms with Crippen molar-refractivity contribution in [3.63, 3.8) is 0 Å². The summed E-state index contributed by atoms with van der Waals surface area (Å²) in [6.45, 7) is 3.73. The van der Waals surface area contributed by atoms with E-state index in [1.165, 1.54) is 6.08 Å². The lowest BCUT2D eigenvalue weighted by Gasteiger charge is -2.08. The van der Waals surface area contributed by atoms with Gasteiger partial charge in [0, 0.05) is 23.5 Å². The van der Waals surface area contributed by atoms with Crippen molar-refractivity contribution >= 4 is 23.3 Å². The number of hydrogen-bond donors (Lipinski definition) is 3. The van der Waals surface area contributed by atoms with Crippen LogP contribution in [0, 0.1) is 0 Å². The fourth-order valence-corrected chi connectivity index (χ4v) is 1.66. The third kappa shape index (κ3) is 4.76. The van der Waals surface area contributed by atoms with E-state index in [0.717, 1.165) is 18.4 Å². The molecule has 5 heteroatoms. The highest BCUT2D eigenvalue weighted by Crippen LogP contribution is 2.19. The minimum atomic E-state index is -0.186. The lowest BCUT2D eigenvalue weighted by atomic mass is 10.2. The maximum atomic E-state index is 11.5. The molecule has 0 radical (unpaired) electrons.